The van der Waals surface area contributed by atoms with Crippen molar-refractivity contribution in [2.45, 2.75) is 48.6 Å². The number of carbonyl (C=O) groups is 1. The van der Waals surface area contributed by atoms with Crippen molar-refractivity contribution >= 4 is 29.4 Å². The summed E-state index contributed by atoms with van der Waals surface area (Å²) in [6.07, 6.45) is 8.07. The predicted octanol–water partition coefficient (Wildman–Crippen LogP) is 2.18. The lowest BCUT2D eigenvalue weighted by molar-refractivity contribution is -0.119. The Morgan fingerprint density at radius 2 is 2.00 bits per heavy atom. The smallest absolute Gasteiger partial charge is 0.277 e. The van der Waals surface area contributed by atoms with Gasteiger partial charge in [0.25, 0.3) is 5.22 Å². The van der Waals surface area contributed by atoms with Crippen LogP contribution < -0.4 is 5.32 Å². The lowest BCUT2D eigenvalue weighted by Gasteiger charge is -2.48. The van der Waals surface area contributed by atoms with Crippen LogP contribution in [0.1, 0.15) is 38.0 Å². The fourth-order valence-corrected chi connectivity index (χ4v) is 4.75. The fourth-order valence-electron chi connectivity index (χ4n) is 3.77. The summed E-state index contributed by atoms with van der Waals surface area (Å²) in [4.78, 5) is 14.9. The van der Waals surface area contributed by atoms with E-state index in [4.69, 9.17) is 9.15 Å². The number of amides is 1. The molecule has 1 N–H and O–H groups in total. The minimum Gasteiger partial charge on any atom is -0.415 e. The number of nitrogens with one attached hydrogen (secondary N) is 1. The van der Waals surface area contributed by atoms with E-state index < -0.39 is 0 Å². The number of nitrogens with zero attached hydrogens (tertiary/aromatic N) is 3. The van der Waals surface area contributed by atoms with Gasteiger partial charge in [0, 0.05) is 25.2 Å². The van der Waals surface area contributed by atoms with Gasteiger partial charge in [-0.2, -0.15) is 11.8 Å². The topological polar surface area (TPSA) is 80.5 Å². The molecule has 0 unspecified atom stereocenters. The first kappa shape index (κ1) is 20.0. The molecule has 0 radical (unpaired) electrons. The third kappa shape index (κ3) is 5.37. The molecule has 3 rings (SSSR count). The van der Waals surface area contributed by atoms with Gasteiger partial charge < -0.3 is 14.5 Å². The van der Waals surface area contributed by atoms with Gasteiger partial charge in [0.2, 0.25) is 11.8 Å². The molecule has 2 fully saturated rings. The van der Waals surface area contributed by atoms with Crippen molar-refractivity contribution in [3.05, 3.63) is 5.89 Å². The first-order valence-electron chi connectivity index (χ1n) is 9.25. The summed E-state index contributed by atoms with van der Waals surface area (Å²) in [6.45, 7) is 4.23. The van der Waals surface area contributed by atoms with Crippen LogP contribution in [-0.4, -0.2) is 71.4 Å². The van der Waals surface area contributed by atoms with Crippen molar-refractivity contribution in [3.63, 3.8) is 0 Å². The minimum atomic E-state index is 0.0258. The molecule has 1 aromatic heterocycles. The second kappa shape index (κ2) is 9.96. The van der Waals surface area contributed by atoms with Crippen LogP contribution in [-0.2, 0) is 15.3 Å². The Bertz CT molecular complexity index is 572. The van der Waals surface area contributed by atoms with Crippen molar-refractivity contribution in [3.8, 4) is 0 Å². The van der Waals surface area contributed by atoms with Crippen LogP contribution in [0, 0.1) is 0 Å². The van der Waals surface area contributed by atoms with E-state index in [9.17, 15) is 4.79 Å². The summed E-state index contributed by atoms with van der Waals surface area (Å²) in [5.41, 5.74) is 0.0956. The highest BCUT2D eigenvalue weighted by atomic mass is 32.2. The van der Waals surface area contributed by atoms with Gasteiger partial charge in [-0.1, -0.05) is 31.0 Å². The molecule has 26 heavy (non-hydrogen) atoms. The summed E-state index contributed by atoms with van der Waals surface area (Å²) in [6, 6.07) is 0. The fraction of sp³-hybridized carbons (Fsp3) is 0.824. The Hall–Kier alpha value is -0.770. The molecule has 146 valence electrons. The maximum Gasteiger partial charge on any atom is 0.277 e. The number of carbonyl (C=O) groups excluding carboxylic acids is 1. The summed E-state index contributed by atoms with van der Waals surface area (Å²) in [7, 11) is 0. The Morgan fingerprint density at radius 3 is 2.73 bits per heavy atom. The molecule has 1 amide bonds. The van der Waals surface area contributed by atoms with Gasteiger partial charge in [-0.05, 0) is 19.1 Å². The molecule has 0 bridgehead atoms. The van der Waals surface area contributed by atoms with Crippen molar-refractivity contribution in [2.75, 3.05) is 44.9 Å². The van der Waals surface area contributed by atoms with Gasteiger partial charge in [-0.15, -0.1) is 10.2 Å². The Morgan fingerprint density at radius 1 is 1.23 bits per heavy atom. The van der Waals surface area contributed by atoms with Gasteiger partial charge in [-0.3, -0.25) is 9.69 Å². The first-order valence-corrected chi connectivity index (χ1v) is 11.6. The maximum absolute atomic E-state index is 12.3. The molecule has 1 aromatic rings. The van der Waals surface area contributed by atoms with E-state index in [-0.39, 0.29) is 11.4 Å². The summed E-state index contributed by atoms with van der Waals surface area (Å²) >= 11 is 2.93. The monoisotopic (exact) mass is 400 g/mol. The lowest BCUT2D eigenvalue weighted by atomic mass is 9.79. The number of thioether (sulfide) groups is 2. The number of rotatable bonds is 8. The van der Waals surface area contributed by atoms with Gasteiger partial charge >= 0.3 is 0 Å². The zero-order chi connectivity index (χ0) is 18.2. The van der Waals surface area contributed by atoms with E-state index in [1.807, 2.05) is 6.26 Å². The number of hydrogen-bond donors (Lipinski definition) is 1. The van der Waals surface area contributed by atoms with E-state index in [0.29, 0.717) is 29.2 Å². The molecular weight excluding hydrogens is 372 g/mol. The van der Waals surface area contributed by atoms with E-state index in [1.165, 1.54) is 31.0 Å². The SMILES string of the molecule is CSCc1nnc(SCC(=O)NCC2(N3CCOCC3)CCCCC2)o1. The highest BCUT2D eigenvalue weighted by Crippen LogP contribution is 2.34. The number of ether oxygens (including phenoxy) is 1. The van der Waals surface area contributed by atoms with Crippen molar-refractivity contribution in [2.24, 2.45) is 0 Å². The quantitative estimate of drug-likeness (QED) is 0.665. The third-order valence-electron chi connectivity index (χ3n) is 5.12. The predicted molar refractivity (Wildman–Crippen MR) is 103 cm³/mol. The van der Waals surface area contributed by atoms with Crippen LogP contribution in [0.15, 0.2) is 9.64 Å². The molecule has 2 aliphatic rings. The second-order valence-electron chi connectivity index (χ2n) is 6.84. The summed E-state index contributed by atoms with van der Waals surface area (Å²) < 4.78 is 11.0. The average molecular weight is 401 g/mol. The van der Waals surface area contributed by atoms with Gasteiger partial charge in [0.15, 0.2) is 0 Å². The highest BCUT2D eigenvalue weighted by Gasteiger charge is 2.38. The molecule has 9 heteroatoms. The molecule has 7 nitrogen and oxygen atoms in total. The first-order chi connectivity index (χ1) is 12.7. The molecule has 2 heterocycles. The van der Waals surface area contributed by atoms with Crippen molar-refractivity contribution in [1.82, 2.24) is 20.4 Å². The molecule has 1 aliphatic carbocycles. The van der Waals surface area contributed by atoms with Crippen molar-refractivity contribution < 1.29 is 13.9 Å². The molecular formula is C17H28N4O3S2. The normalized spacial score (nSPS) is 20.8. The standard InChI is InChI=1S/C17H28N4O3S2/c1-25-12-15-19-20-16(24-15)26-11-14(22)18-13-17(5-3-2-4-6-17)21-7-9-23-10-8-21/h2-13H2,1H3,(H,18,22). The highest BCUT2D eigenvalue weighted by molar-refractivity contribution is 7.99. The summed E-state index contributed by atoms with van der Waals surface area (Å²) in [5, 5.41) is 11.6. The minimum absolute atomic E-state index is 0.0258. The second-order valence-corrected chi connectivity index (χ2v) is 8.64. The number of aromatic nitrogens is 2. The average Bonchev–Trinajstić information content (AvgIpc) is 3.14. The van der Waals surface area contributed by atoms with Crippen LogP contribution in [0.2, 0.25) is 0 Å². The van der Waals surface area contributed by atoms with Gasteiger partial charge in [-0.25, -0.2) is 0 Å². The molecule has 1 saturated carbocycles. The van der Waals surface area contributed by atoms with Gasteiger partial charge in [0.05, 0.1) is 24.7 Å². The number of morpholine rings is 1. The van der Waals surface area contributed by atoms with Gasteiger partial charge in [0.1, 0.15) is 0 Å². The molecule has 0 atom stereocenters. The van der Waals surface area contributed by atoms with Crippen LogP contribution in [0.3, 0.4) is 0 Å². The molecule has 0 spiro atoms. The van der Waals surface area contributed by atoms with Crippen LogP contribution in [0.4, 0.5) is 0 Å². The summed E-state index contributed by atoms with van der Waals surface area (Å²) in [5.74, 6) is 1.63. The Kier molecular flexibility index (Phi) is 7.65. The van der Waals surface area contributed by atoms with Crippen LogP contribution >= 0.6 is 23.5 Å². The van der Waals surface area contributed by atoms with Crippen LogP contribution in [0.25, 0.3) is 0 Å². The zero-order valence-electron chi connectivity index (χ0n) is 15.4. The molecule has 1 aliphatic heterocycles. The lowest BCUT2D eigenvalue weighted by Crippen LogP contribution is -2.59. The Balaban J connectivity index is 1.48. The van der Waals surface area contributed by atoms with Crippen molar-refractivity contribution in [1.29, 1.82) is 0 Å². The van der Waals surface area contributed by atoms with E-state index in [0.717, 1.165) is 39.1 Å². The largest absolute Gasteiger partial charge is 0.415 e. The zero-order valence-corrected chi connectivity index (χ0v) is 17.0. The van der Waals surface area contributed by atoms with Crippen LogP contribution in [0.5, 0.6) is 0 Å². The maximum atomic E-state index is 12.3. The molecule has 0 aromatic carbocycles. The Labute approximate surface area is 163 Å². The van der Waals surface area contributed by atoms with E-state index in [1.54, 1.807) is 11.8 Å². The van der Waals surface area contributed by atoms with E-state index >= 15 is 0 Å². The van der Waals surface area contributed by atoms with E-state index in [2.05, 4.69) is 20.4 Å². The third-order valence-corrected chi connectivity index (χ3v) is 6.48. The molecule has 1 saturated heterocycles. The number of hydrogen-bond acceptors (Lipinski definition) is 8.